The molecule has 0 aromatic heterocycles. The van der Waals surface area contributed by atoms with Crippen molar-refractivity contribution in [1.82, 2.24) is 0 Å². The van der Waals surface area contributed by atoms with Crippen molar-refractivity contribution in [1.29, 1.82) is 0 Å². The molecule has 0 bridgehead atoms. The van der Waals surface area contributed by atoms with Crippen molar-refractivity contribution >= 4 is 0 Å². The Hall–Kier alpha value is -0.340. The molecule has 0 aliphatic heterocycles. The highest BCUT2D eigenvalue weighted by Crippen LogP contribution is 2.76. The van der Waals surface area contributed by atoms with Crippen molar-refractivity contribution in [2.75, 3.05) is 0 Å². The second-order valence-electron chi connectivity index (χ2n) is 15.2. The number of aliphatic hydroxyl groups is 2. The van der Waals surface area contributed by atoms with Crippen LogP contribution in [0.5, 0.6) is 0 Å². The Morgan fingerprint density at radius 1 is 0.688 bits per heavy atom. The monoisotopic (exact) mass is 442 g/mol. The lowest BCUT2D eigenvalue weighted by Crippen LogP contribution is -2.66. The van der Waals surface area contributed by atoms with Gasteiger partial charge in [0.2, 0.25) is 0 Å². The molecule has 0 saturated heterocycles. The van der Waals surface area contributed by atoms with Crippen LogP contribution in [0.1, 0.15) is 113 Å². The third-order valence-electron chi connectivity index (χ3n) is 13.1. The maximum Gasteiger partial charge on any atom is 0.0633 e. The third-order valence-corrected chi connectivity index (χ3v) is 13.1. The predicted molar refractivity (Wildman–Crippen MR) is 132 cm³/mol. The minimum Gasteiger partial charge on any atom is -0.393 e. The van der Waals surface area contributed by atoms with Crippen LogP contribution in [0.2, 0.25) is 0 Å². The summed E-state index contributed by atoms with van der Waals surface area (Å²) in [5, 5.41) is 21.8. The van der Waals surface area contributed by atoms with Crippen LogP contribution in [0.25, 0.3) is 0 Å². The van der Waals surface area contributed by atoms with Gasteiger partial charge in [-0.3, -0.25) is 0 Å². The molecule has 0 radical (unpaired) electrons. The van der Waals surface area contributed by atoms with Gasteiger partial charge in [0.05, 0.1) is 12.2 Å². The van der Waals surface area contributed by atoms with E-state index in [0.717, 1.165) is 18.8 Å². The van der Waals surface area contributed by atoms with Crippen LogP contribution < -0.4 is 0 Å². The minimum atomic E-state index is -0.224. The lowest BCUT2D eigenvalue weighted by molar-refractivity contribution is -0.229. The maximum atomic E-state index is 10.9. The second kappa shape index (κ2) is 6.66. The van der Waals surface area contributed by atoms with Crippen LogP contribution in [0.15, 0.2) is 11.6 Å². The van der Waals surface area contributed by atoms with E-state index >= 15 is 0 Å². The summed E-state index contributed by atoms with van der Waals surface area (Å²) in [6.45, 7) is 19.6. The standard InChI is InChI=1S/C30H50O2/c1-25(2)17-20-19-9-10-22-28(6)13-12-23(31)26(3,4)21(28)11-14-30(22,8)29(19,7)16-15-27(20,5)18-24(25)32/h17,19,21-24,31-32H,9-16,18H2,1-8H3/t19-,21+,22-,23+,24-,27+,28+,29-,30-/m1/s1. The largest absolute Gasteiger partial charge is 0.393 e. The zero-order valence-electron chi connectivity index (χ0n) is 22.2. The topological polar surface area (TPSA) is 40.5 Å². The highest BCUT2D eigenvalue weighted by atomic mass is 16.3. The number of hydrogen-bond acceptors (Lipinski definition) is 2. The predicted octanol–water partition coefficient (Wildman–Crippen LogP) is 7.14. The van der Waals surface area contributed by atoms with Crippen molar-refractivity contribution in [2.24, 2.45) is 50.2 Å². The van der Waals surface area contributed by atoms with Crippen LogP contribution in [0.4, 0.5) is 0 Å². The van der Waals surface area contributed by atoms with E-state index in [-0.39, 0.29) is 28.5 Å². The fraction of sp³-hybridized carbons (Fsp3) is 0.933. The molecular formula is C30H50O2. The number of fused-ring (bicyclic) bond motifs is 7. The quantitative estimate of drug-likeness (QED) is 0.391. The molecule has 2 N–H and O–H groups in total. The first kappa shape index (κ1) is 23.4. The highest BCUT2D eigenvalue weighted by molar-refractivity contribution is 5.32. The first-order chi connectivity index (χ1) is 14.6. The molecule has 0 spiro atoms. The van der Waals surface area contributed by atoms with Gasteiger partial charge in [-0.25, -0.2) is 0 Å². The minimum absolute atomic E-state index is 0.0310. The van der Waals surface area contributed by atoms with E-state index < -0.39 is 0 Å². The molecule has 182 valence electrons. The first-order valence-electron chi connectivity index (χ1n) is 13.7. The van der Waals surface area contributed by atoms with E-state index in [2.05, 4.69) is 61.5 Å². The maximum absolute atomic E-state index is 10.9. The first-order valence-corrected chi connectivity index (χ1v) is 13.7. The average molecular weight is 443 g/mol. The van der Waals surface area contributed by atoms with E-state index in [0.29, 0.717) is 28.1 Å². The van der Waals surface area contributed by atoms with E-state index in [1.54, 1.807) is 5.57 Å². The Morgan fingerprint density at radius 3 is 2.06 bits per heavy atom. The molecular weight excluding hydrogens is 392 g/mol. The van der Waals surface area contributed by atoms with Gasteiger partial charge in [-0.1, -0.05) is 67.0 Å². The summed E-state index contributed by atoms with van der Waals surface area (Å²) in [5.41, 5.74) is 2.85. The van der Waals surface area contributed by atoms with Gasteiger partial charge in [0.1, 0.15) is 0 Å². The Kier molecular flexibility index (Phi) is 4.87. The molecule has 0 unspecified atom stereocenters. The van der Waals surface area contributed by atoms with E-state index in [1.165, 1.54) is 44.9 Å². The SMILES string of the molecule is CC1(C)C=C2[C@H]3CC[C@@H]4[C@@]5(C)CC[C@H](O)C(C)(C)[C@@H]5CC[C@@]4(C)[C@]3(C)CC[C@@]2(C)C[C@H]1O. The van der Waals surface area contributed by atoms with Gasteiger partial charge in [-0.05, 0) is 103 Å². The Bertz CT molecular complexity index is 825. The average Bonchev–Trinajstić information content (AvgIpc) is 2.68. The van der Waals surface area contributed by atoms with Crippen molar-refractivity contribution in [3.8, 4) is 0 Å². The number of allylic oxidation sites excluding steroid dienone is 1. The molecule has 9 atom stereocenters. The second-order valence-corrected chi connectivity index (χ2v) is 15.2. The molecule has 4 saturated carbocycles. The van der Waals surface area contributed by atoms with Gasteiger partial charge >= 0.3 is 0 Å². The van der Waals surface area contributed by atoms with Gasteiger partial charge in [0, 0.05) is 5.41 Å². The lowest BCUT2D eigenvalue weighted by Gasteiger charge is -2.72. The molecule has 0 aromatic rings. The summed E-state index contributed by atoms with van der Waals surface area (Å²) < 4.78 is 0. The van der Waals surface area contributed by atoms with Crippen LogP contribution in [-0.2, 0) is 0 Å². The van der Waals surface area contributed by atoms with Crippen molar-refractivity contribution in [3.05, 3.63) is 11.6 Å². The molecule has 32 heavy (non-hydrogen) atoms. The Labute approximate surface area is 197 Å². The number of hydrogen-bond donors (Lipinski definition) is 2. The van der Waals surface area contributed by atoms with E-state index in [4.69, 9.17) is 0 Å². The van der Waals surface area contributed by atoms with Crippen LogP contribution >= 0.6 is 0 Å². The molecule has 2 heteroatoms. The molecule has 5 aliphatic carbocycles. The van der Waals surface area contributed by atoms with Crippen molar-refractivity contribution in [3.63, 3.8) is 0 Å². The van der Waals surface area contributed by atoms with E-state index in [9.17, 15) is 10.2 Å². The zero-order chi connectivity index (χ0) is 23.5. The van der Waals surface area contributed by atoms with Gasteiger partial charge in [-0.15, -0.1) is 0 Å². The fourth-order valence-electron chi connectivity index (χ4n) is 10.7. The Morgan fingerprint density at radius 2 is 1.38 bits per heavy atom. The zero-order valence-corrected chi connectivity index (χ0v) is 22.2. The summed E-state index contributed by atoms with van der Waals surface area (Å²) in [7, 11) is 0. The molecule has 0 heterocycles. The third kappa shape index (κ3) is 2.72. The van der Waals surface area contributed by atoms with Gasteiger partial charge in [0.25, 0.3) is 0 Å². The molecule has 5 rings (SSSR count). The highest BCUT2D eigenvalue weighted by Gasteiger charge is 2.68. The molecule has 4 fully saturated rings. The number of aliphatic hydroxyl groups excluding tert-OH is 2. The van der Waals surface area contributed by atoms with E-state index in [1.807, 2.05) is 0 Å². The molecule has 5 aliphatic rings. The van der Waals surface area contributed by atoms with Crippen LogP contribution in [-0.4, -0.2) is 22.4 Å². The smallest absolute Gasteiger partial charge is 0.0633 e. The van der Waals surface area contributed by atoms with Crippen LogP contribution in [0, 0.1) is 50.2 Å². The summed E-state index contributed by atoms with van der Waals surface area (Å²) >= 11 is 0. The fourth-order valence-corrected chi connectivity index (χ4v) is 10.7. The normalized spacial score (nSPS) is 56.2. The summed E-state index contributed by atoms with van der Waals surface area (Å²) in [6.07, 6.45) is 13.0. The lowest BCUT2D eigenvalue weighted by atomic mass is 9.32. The molecule has 0 aromatic carbocycles. The summed E-state index contributed by atoms with van der Waals surface area (Å²) in [4.78, 5) is 0. The van der Waals surface area contributed by atoms with Gasteiger partial charge < -0.3 is 10.2 Å². The van der Waals surface area contributed by atoms with Gasteiger partial charge in [0.15, 0.2) is 0 Å². The molecule has 2 nitrogen and oxygen atoms in total. The Balaban J connectivity index is 1.56. The number of rotatable bonds is 0. The van der Waals surface area contributed by atoms with Gasteiger partial charge in [-0.2, -0.15) is 0 Å². The summed E-state index contributed by atoms with van der Waals surface area (Å²) in [6, 6.07) is 0. The summed E-state index contributed by atoms with van der Waals surface area (Å²) in [5.74, 6) is 2.05. The van der Waals surface area contributed by atoms with Crippen molar-refractivity contribution in [2.45, 2.75) is 125 Å². The van der Waals surface area contributed by atoms with Crippen molar-refractivity contribution < 1.29 is 10.2 Å². The molecule has 0 amide bonds. The van der Waals surface area contributed by atoms with Crippen LogP contribution in [0.3, 0.4) is 0 Å².